The number of ketones is 1. The molecule has 0 bridgehead atoms. The van der Waals surface area contributed by atoms with Crippen molar-refractivity contribution >= 4 is 23.4 Å². The van der Waals surface area contributed by atoms with Crippen molar-refractivity contribution in [1.82, 2.24) is 13.8 Å². The molecule has 0 atom stereocenters. The van der Waals surface area contributed by atoms with Crippen LogP contribution in [0.4, 0.5) is 10.1 Å². The average Bonchev–Trinajstić information content (AvgIpc) is 3.09. The molecule has 0 spiro atoms. The van der Waals surface area contributed by atoms with Gasteiger partial charge in [-0.1, -0.05) is 0 Å². The number of aryl methyl sites for hydroxylation is 1. The molecular formula is C21H27FN4OS. The van der Waals surface area contributed by atoms with Crippen LogP contribution in [-0.4, -0.2) is 65.9 Å². The van der Waals surface area contributed by atoms with Crippen LogP contribution >= 0.6 is 11.9 Å². The molecule has 1 saturated heterocycles. The summed E-state index contributed by atoms with van der Waals surface area (Å²) >= 11 is 1.66. The summed E-state index contributed by atoms with van der Waals surface area (Å²) in [4.78, 5) is 18.2. The molecule has 0 aliphatic carbocycles. The maximum absolute atomic E-state index is 13.1. The van der Waals surface area contributed by atoms with E-state index in [1.807, 2.05) is 23.5 Å². The van der Waals surface area contributed by atoms with Crippen molar-refractivity contribution < 1.29 is 9.18 Å². The number of nitrogens with zero attached hydrogens (tertiary/aromatic N) is 4. The molecule has 0 radical (unpaired) electrons. The number of fused-ring (bicyclic) bond motifs is 1. The van der Waals surface area contributed by atoms with Gasteiger partial charge >= 0.3 is 0 Å². The number of hydrogen-bond donors (Lipinski definition) is 0. The van der Waals surface area contributed by atoms with E-state index in [9.17, 15) is 9.18 Å². The summed E-state index contributed by atoms with van der Waals surface area (Å²) in [6.07, 6.45) is 4.26. The van der Waals surface area contributed by atoms with Crippen LogP contribution in [0.2, 0.25) is 0 Å². The van der Waals surface area contributed by atoms with E-state index in [0.29, 0.717) is 6.54 Å². The predicted molar refractivity (Wildman–Crippen MR) is 112 cm³/mol. The average molecular weight is 403 g/mol. The molecule has 1 aromatic carbocycles. The van der Waals surface area contributed by atoms with E-state index in [0.717, 1.165) is 68.4 Å². The lowest BCUT2D eigenvalue weighted by Gasteiger charge is -2.36. The first-order chi connectivity index (χ1) is 13.6. The molecule has 3 heterocycles. The lowest BCUT2D eigenvalue weighted by atomic mass is 10.2. The molecule has 28 heavy (non-hydrogen) atoms. The van der Waals surface area contributed by atoms with Crippen molar-refractivity contribution in [1.29, 1.82) is 0 Å². The lowest BCUT2D eigenvalue weighted by molar-refractivity contribution is 0.0959. The Labute approximate surface area is 170 Å². The van der Waals surface area contributed by atoms with Gasteiger partial charge in [0.1, 0.15) is 11.5 Å². The van der Waals surface area contributed by atoms with Crippen molar-refractivity contribution in [2.45, 2.75) is 24.3 Å². The Kier molecular flexibility index (Phi) is 6.04. The minimum atomic E-state index is -0.182. The Balaban J connectivity index is 1.20. The number of Topliss-reactive ketones (excluding diaryl/α,β-unsaturated/α-hetero) is 1. The molecular weight excluding hydrogens is 375 g/mol. The number of aromatic nitrogens is 1. The van der Waals surface area contributed by atoms with Crippen LogP contribution in [0.3, 0.4) is 0 Å². The number of benzene rings is 1. The highest BCUT2D eigenvalue weighted by atomic mass is 32.2. The highest BCUT2D eigenvalue weighted by Gasteiger charge is 2.25. The number of piperazine rings is 1. The summed E-state index contributed by atoms with van der Waals surface area (Å²) in [5.74, 6) is 0.0387. The molecule has 4 rings (SSSR count). The first-order valence-electron chi connectivity index (χ1n) is 9.94. The van der Waals surface area contributed by atoms with Crippen LogP contribution in [0.5, 0.6) is 0 Å². The number of anilines is 1. The van der Waals surface area contributed by atoms with E-state index >= 15 is 0 Å². The normalized spacial score (nSPS) is 18.5. The summed E-state index contributed by atoms with van der Waals surface area (Å²) in [5, 5.41) is 0. The van der Waals surface area contributed by atoms with Crippen molar-refractivity contribution in [3.63, 3.8) is 0 Å². The maximum Gasteiger partial charge on any atom is 0.195 e. The molecule has 2 aliphatic rings. The van der Waals surface area contributed by atoms with Crippen LogP contribution in [0.15, 0.2) is 41.4 Å². The van der Waals surface area contributed by atoms with E-state index in [1.54, 1.807) is 11.9 Å². The standard InChI is InChI=1S/C21H27FN4OS/c1-23-16-19(27)21-20(28-23)8-11-26(21)10-3-2-9-24-12-14-25(15-13-24)18-6-4-17(22)5-7-18/h4-8,11H,2-3,9-10,12-16H2,1H3. The monoisotopic (exact) mass is 402 g/mol. The van der Waals surface area contributed by atoms with Crippen LogP contribution in [0.25, 0.3) is 0 Å². The minimum Gasteiger partial charge on any atom is -0.369 e. The van der Waals surface area contributed by atoms with Gasteiger partial charge < -0.3 is 9.47 Å². The van der Waals surface area contributed by atoms with Gasteiger partial charge in [-0.3, -0.25) is 9.69 Å². The van der Waals surface area contributed by atoms with Gasteiger partial charge in [0.15, 0.2) is 5.78 Å². The second kappa shape index (κ2) is 8.68. The Morgan fingerprint density at radius 1 is 1.00 bits per heavy atom. The van der Waals surface area contributed by atoms with E-state index in [1.165, 1.54) is 12.1 Å². The second-order valence-corrected chi connectivity index (χ2v) is 8.78. The second-order valence-electron chi connectivity index (χ2n) is 7.53. The third kappa shape index (κ3) is 4.42. The van der Waals surface area contributed by atoms with Gasteiger partial charge in [-0.2, -0.15) is 0 Å². The largest absolute Gasteiger partial charge is 0.369 e. The fourth-order valence-electron chi connectivity index (χ4n) is 3.99. The smallest absolute Gasteiger partial charge is 0.195 e. The molecule has 2 aliphatic heterocycles. The number of likely N-dealkylation sites (N-methyl/N-ethyl adjacent to an activating group) is 1. The summed E-state index contributed by atoms with van der Waals surface area (Å²) in [6, 6.07) is 8.84. The molecule has 7 heteroatoms. The van der Waals surface area contributed by atoms with Gasteiger partial charge in [0.2, 0.25) is 0 Å². The fourth-order valence-corrected chi connectivity index (χ4v) is 4.94. The van der Waals surface area contributed by atoms with Gasteiger partial charge in [0, 0.05) is 44.6 Å². The highest BCUT2D eigenvalue weighted by molar-refractivity contribution is 7.97. The lowest BCUT2D eigenvalue weighted by Crippen LogP contribution is -2.46. The summed E-state index contributed by atoms with van der Waals surface area (Å²) in [7, 11) is 1.96. The zero-order chi connectivity index (χ0) is 19.5. The van der Waals surface area contributed by atoms with Crippen molar-refractivity contribution in [2.75, 3.05) is 51.2 Å². The van der Waals surface area contributed by atoms with E-state index in [2.05, 4.69) is 26.6 Å². The Morgan fingerprint density at radius 2 is 1.71 bits per heavy atom. The quantitative estimate of drug-likeness (QED) is 0.546. The number of halogens is 1. The summed E-state index contributed by atoms with van der Waals surface area (Å²) in [5.41, 5.74) is 1.99. The molecule has 1 aromatic heterocycles. The fraction of sp³-hybridized carbons (Fsp3) is 0.476. The number of carbonyl (C=O) groups excluding carboxylic acids is 1. The van der Waals surface area contributed by atoms with E-state index in [4.69, 9.17) is 0 Å². The Bertz CT molecular complexity index is 814. The van der Waals surface area contributed by atoms with Gasteiger partial charge in [-0.05, 0) is 68.7 Å². The van der Waals surface area contributed by atoms with Crippen molar-refractivity contribution in [3.8, 4) is 0 Å². The number of unbranched alkanes of at least 4 members (excludes halogenated alkanes) is 1. The highest BCUT2D eigenvalue weighted by Crippen LogP contribution is 2.31. The van der Waals surface area contributed by atoms with Gasteiger partial charge in [0.25, 0.3) is 0 Å². The van der Waals surface area contributed by atoms with E-state index in [-0.39, 0.29) is 11.6 Å². The molecule has 150 valence electrons. The van der Waals surface area contributed by atoms with E-state index < -0.39 is 0 Å². The number of carbonyl (C=O) groups is 1. The third-order valence-electron chi connectivity index (χ3n) is 5.50. The summed E-state index contributed by atoms with van der Waals surface area (Å²) < 4.78 is 17.2. The predicted octanol–water partition coefficient (Wildman–Crippen LogP) is 3.36. The molecule has 1 fully saturated rings. The summed E-state index contributed by atoms with van der Waals surface area (Å²) in [6.45, 7) is 6.52. The number of hydrogen-bond acceptors (Lipinski definition) is 5. The van der Waals surface area contributed by atoms with Gasteiger partial charge in [-0.15, -0.1) is 0 Å². The zero-order valence-electron chi connectivity index (χ0n) is 16.3. The van der Waals surface area contributed by atoms with Crippen molar-refractivity contribution in [3.05, 3.63) is 48.0 Å². The zero-order valence-corrected chi connectivity index (χ0v) is 17.1. The van der Waals surface area contributed by atoms with Crippen molar-refractivity contribution in [2.24, 2.45) is 0 Å². The third-order valence-corrected chi connectivity index (χ3v) is 6.47. The van der Waals surface area contributed by atoms with Gasteiger partial charge in [-0.25, -0.2) is 8.70 Å². The molecule has 0 amide bonds. The van der Waals surface area contributed by atoms with Gasteiger partial charge in [0.05, 0.1) is 11.4 Å². The van der Waals surface area contributed by atoms with Crippen LogP contribution in [0, 0.1) is 5.82 Å². The molecule has 0 N–H and O–H groups in total. The molecule has 5 nitrogen and oxygen atoms in total. The van der Waals surface area contributed by atoms with Crippen LogP contribution in [0.1, 0.15) is 23.3 Å². The first-order valence-corrected chi connectivity index (χ1v) is 10.7. The molecule has 0 saturated carbocycles. The Morgan fingerprint density at radius 3 is 2.46 bits per heavy atom. The molecule has 2 aromatic rings. The van der Waals surface area contributed by atoms with Crippen LogP contribution < -0.4 is 4.90 Å². The first kappa shape index (κ1) is 19.5. The molecule has 0 unspecified atom stereocenters. The topological polar surface area (TPSA) is 31.7 Å². The van der Waals surface area contributed by atoms with Crippen LogP contribution in [-0.2, 0) is 6.54 Å². The number of rotatable bonds is 6. The Hall–Kier alpha value is -1.83. The minimum absolute atomic E-state index is 0.182. The maximum atomic E-state index is 13.1. The SMILES string of the molecule is CN1CC(=O)c2c(ccn2CCCCN2CCN(c3ccc(F)cc3)CC2)S1.